The smallest absolute Gasteiger partial charge is 0.377 e. The van der Waals surface area contributed by atoms with E-state index in [1.54, 1.807) is 0 Å². The van der Waals surface area contributed by atoms with Crippen LogP contribution in [0.5, 0.6) is 0 Å². The SMILES string of the molecule is O=C(O)C(F)(F)C1(O)COC1. The van der Waals surface area contributed by atoms with Crippen molar-refractivity contribution in [2.24, 2.45) is 0 Å². The van der Waals surface area contributed by atoms with Crippen LogP contribution in [0.4, 0.5) is 8.78 Å². The van der Waals surface area contributed by atoms with Crippen LogP contribution >= 0.6 is 0 Å². The number of carboxylic acids is 1. The van der Waals surface area contributed by atoms with Crippen LogP contribution in [0, 0.1) is 0 Å². The molecule has 0 aromatic carbocycles. The zero-order valence-electron chi connectivity index (χ0n) is 5.38. The molecule has 1 heterocycles. The van der Waals surface area contributed by atoms with Gasteiger partial charge in [-0.05, 0) is 0 Å². The van der Waals surface area contributed by atoms with E-state index in [-0.39, 0.29) is 0 Å². The highest BCUT2D eigenvalue weighted by atomic mass is 19.3. The van der Waals surface area contributed by atoms with Crippen molar-refractivity contribution in [1.29, 1.82) is 0 Å². The average Bonchev–Trinajstić information content (AvgIpc) is 1.82. The number of carboxylic acid groups (broad SMARTS) is 1. The van der Waals surface area contributed by atoms with Gasteiger partial charge in [0.25, 0.3) is 0 Å². The number of halogens is 2. The largest absolute Gasteiger partial charge is 0.477 e. The minimum atomic E-state index is -4.12. The zero-order valence-corrected chi connectivity index (χ0v) is 5.38. The van der Waals surface area contributed by atoms with E-state index >= 15 is 0 Å². The maximum atomic E-state index is 12.4. The summed E-state index contributed by atoms with van der Waals surface area (Å²) in [6.07, 6.45) is 0. The van der Waals surface area contributed by atoms with E-state index in [2.05, 4.69) is 4.74 Å². The number of alkyl halides is 2. The molecular formula is C5H6F2O4. The number of hydrogen-bond donors (Lipinski definition) is 2. The number of hydrogen-bond acceptors (Lipinski definition) is 3. The third-order valence-corrected chi connectivity index (χ3v) is 1.53. The van der Waals surface area contributed by atoms with Gasteiger partial charge in [-0.1, -0.05) is 0 Å². The summed E-state index contributed by atoms with van der Waals surface area (Å²) in [7, 11) is 0. The van der Waals surface area contributed by atoms with Gasteiger partial charge >= 0.3 is 11.9 Å². The molecule has 0 spiro atoms. The number of rotatable bonds is 2. The highest BCUT2D eigenvalue weighted by Gasteiger charge is 2.63. The molecule has 2 N–H and O–H groups in total. The summed E-state index contributed by atoms with van der Waals surface area (Å²) in [5.41, 5.74) is -2.52. The lowest BCUT2D eigenvalue weighted by Crippen LogP contribution is -2.65. The summed E-state index contributed by atoms with van der Waals surface area (Å²) in [4.78, 5) is 9.89. The van der Waals surface area contributed by atoms with Crippen molar-refractivity contribution in [2.75, 3.05) is 13.2 Å². The normalized spacial score (nSPS) is 22.5. The van der Waals surface area contributed by atoms with Crippen LogP contribution in [0.1, 0.15) is 0 Å². The van der Waals surface area contributed by atoms with Gasteiger partial charge in [-0.25, -0.2) is 4.79 Å². The standard InChI is InChI=1S/C5H6F2O4/c6-5(7,3(8)9)4(10)1-11-2-4/h10H,1-2H2,(H,8,9). The van der Waals surface area contributed by atoms with Crippen LogP contribution in [0.15, 0.2) is 0 Å². The van der Waals surface area contributed by atoms with Crippen molar-refractivity contribution in [1.82, 2.24) is 0 Å². The van der Waals surface area contributed by atoms with Gasteiger partial charge in [-0.15, -0.1) is 0 Å². The molecule has 1 aliphatic heterocycles. The molecule has 0 aromatic heterocycles. The Morgan fingerprint density at radius 2 is 2.00 bits per heavy atom. The van der Waals surface area contributed by atoms with E-state index < -0.39 is 30.7 Å². The van der Waals surface area contributed by atoms with Crippen molar-refractivity contribution in [3.8, 4) is 0 Å². The minimum absolute atomic E-state index is 0.633. The Hall–Kier alpha value is -0.750. The predicted octanol–water partition coefficient (Wildman–Crippen LogP) is -0.532. The molecule has 1 aliphatic rings. The zero-order chi connectivity index (χ0) is 8.70. The lowest BCUT2D eigenvalue weighted by Gasteiger charge is -2.39. The fourth-order valence-corrected chi connectivity index (χ4v) is 0.676. The van der Waals surface area contributed by atoms with E-state index in [9.17, 15) is 13.6 Å². The minimum Gasteiger partial charge on any atom is -0.477 e. The van der Waals surface area contributed by atoms with E-state index in [1.165, 1.54) is 0 Å². The van der Waals surface area contributed by atoms with Crippen molar-refractivity contribution in [3.63, 3.8) is 0 Å². The first-order chi connectivity index (χ1) is 4.90. The fraction of sp³-hybridized carbons (Fsp3) is 0.800. The first-order valence-corrected chi connectivity index (χ1v) is 2.81. The average molecular weight is 168 g/mol. The Balaban J connectivity index is 2.78. The van der Waals surface area contributed by atoms with Gasteiger partial charge in [-0.2, -0.15) is 8.78 Å². The molecule has 1 saturated heterocycles. The molecular weight excluding hydrogens is 162 g/mol. The van der Waals surface area contributed by atoms with Gasteiger partial charge in [0.05, 0.1) is 13.2 Å². The highest BCUT2D eigenvalue weighted by Crippen LogP contribution is 2.34. The topological polar surface area (TPSA) is 66.8 Å². The van der Waals surface area contributed by atoms with Crippen molar-refractivity contribution < 1.29 is 28.5 Å². The molecule has 0 aliphatic carbocycles. The summed E-state index contributed by atoms with van der Waals surface area (Å²) < 4.78 is 29.2. The molecule has 0 unspecified atom stereocenters. The molecule has 6 heteroatoms. The van der Waals surface area contributed by atoms with Crippen LogP contribution in [-0.4, -0.2) is 40.9 Å². The molecule has 0 atom stereocenters. The van der Waals surface area contributed by atoms with Gasteiger partial charge in [-0.3, -0.25) is 0 Å². The maximum Gasteiger partial charge on any atom is 0.377 e. The third kappa shape index (κ3) is 0.982. The molecule has 0 amide bonds. The second kappa shape index (κ2) is 2.12. The monoisotopic (exact) mass is 168 g/mol. The van der Waals surface area contributed by atoms with E-state index in [0.29, 0.717) is 0 Å². The van der Waals surface area contributed by atoms with Gasteiger partial charge in [0, 0.05) is 0 Å². The fourth-order valence-electron chi connectivity index (χ4n) is 0.676. The Labute approximate surface area is 60.4 Å². The summed E-state index contributed by atoms with van der Waals surface area (Å²) in [5.74, 6) is -6.45. The maximum absolute atomic E-state index is 12.4. The Morgan fingerprint density at radius 1 is 1.55 bits per heavy atom. The molecule has 1 fully saturated rings. The number of ether oxygens (including phenoxy) is 1. The first-order valence-electron chi connectivity index (χ1n) is 2.81. The molecule has 0 radical (unpaired) electrons. The van der Waals surface area contributed by atoms with Crippen LogP contribution in [0.3, 0.4) is 0 Å². The van der Waals surface area contributed by atoms with Gasteiger partial charge in [0.15, 0.2) is 5.60 Å². The van der Waals surface area contributed by atoms with Crippen LogP contribution in [-0.2, 0) is 9.53 Å². The quantitative estimate of drug-likeness (QED) is 0.581. The Morgan fingerprint density at radius 3 is 2.09 bits per heavy atom. The van der Waals surface area contributed by atoms with Crippen molar-refractivity contribution in [2.45, 2.75) is 11.5 Å². The molecule has 4 nitrogen and oxygen atoms in total. The number of aliphatic carboxylic acids is 1. The van der Waals surface area contributed by atoms with Crippen molar-refractivity contribution in [3.05, 3.63) is 0 Å². The Kier molecular flexibility index (Phi) is 1.61. The molecule has 0 aromatic rings. The molecule has 0 saturated carbocycles. The van der Waals surface area contributed by atoms with Gasteiger partial charge < -0.3 is 14.9 Å². The predicted molar refractivity (Wildman–Crippen MR) is 28.4 cm³/mol. The third-order valence-electron chi connectivity index (χ3n) is 1.53. The van der Waals surface area contributed by atoms with E-state index in [4.69, 9.17) is 10.2 Å². The summed E-state index contributed by atoms with van der Waals surface area (Å²) >= 11 is 0. The lowest BCUT2D eigenvalue weighted by atomic mass is 9.94. The second-order valence-corrected chi connectivity index (χ2v) is 2.40. The van der Waals surface area contributed by atoms with Gasteiger partial charge in [0.2, 0.25) is 0 Å². The highest BCUT2D eigenvalue weighted by molar-refractivity contribution is 5.77. The molecule has 0 bridgehead atoms. The van der Waals surface area contributed by atoms with Crippen LogP contribution in [0.2, 0.25) is 0 Å². The molecule has 64 valence electrons. The summed E-state index contributed by atoms with van der Waals surface area (Å²) in [5, 5.41) is 16.8. The summed E-state index contributed by atoms with van der Waals surface area (Å²) in [6.45, 7) is -1.27. The number of carbonyl (C=O) groups is 1. The van der Waals surface area contributed by atoms with Crippen LogP contribution < -0.4 is 0 Å². The van der Waals surface area contributed by atoms with Gasteiger partial charge in [0.1, 0.15) is 0 Å². The second-order valence-electron chi connectivity index (χ2n) is 2.40. The van der Waals surface area contributed by atoms with Crippen molar-refractivity contribution >= 4 is 5.97 Å². The van der Waals surface area contributed by atoms with E-state index in [1.807, 2.05) is 0 Å². The first kappa shape index (κ1) is 8.35. The molecule has 11 heavy (non-hydrogen) atoms. The number of aliphatic hydroxyl groups is 1. The summed E-state index contributed by atoms with van der Waals surface area (Å²) in [6, 6.07) is 0. The lowest BCUT2D eigenvalue weighted by molar-refractivity contribution is -0.281. The van der Waals surface area contributed by atoms with E-state index in [0.717, 1.165) is 0 Å². The molecule has 1 rings (SSSR count). The Bertz CT molecular complexity index is 187. The van der Waals surface area contributed by atoms with Crippen LogP contribution in [0.25, 0.3) is 0 Å².